The molecule has 6 nitrogen and oxygen atoms in total. The van der Waals surface area contributed by atoms with Gasteiger partial charge in [0.15, 0.2) is 0 Å². The number of guanidine groups is 1. The molecule has 3 N–H and O–H groups in total. The summed E-state index contributed by atoms with van der Waals surface area (Å²) in [6.07, 6.45) is 0. The number of sulfonamides is 1. The van der Waals surface area contributed by atoms with Crippen LogP contribution in [0.2, 0.25) is 5.02 Å². The van der Waals surface area contributed by atoms with E-state index in [1.54, 1.807) is 19.9 Å². The van der Waals surface area contributed by atoms with Crippen molar-refractivity contribution in [1.29, 1.82) is 0 Å². The van der Waals surface area contributed by atoms with Crippen molar-refractivity contribution in [2.75, 3.05) is 0 Å². The van der Waals surface area contributed by atoms with Crippen LogP contribution in [0, 0.1) is 25.7 Å². The molecule has 0 radical (unpaired) electrons. The van der Waals surface area contributed by atoms with Gasteiger partial charge in [-0.1, -0.05) is 60.0 Å². The molecule has 0 saturated carbocycles. The van der Waals surface area contributed by atoms with Gasteiger partial charge >= 0.3 is 0 Å². The third-order valence-corrected chi connectivity index (χ3v) is 7.84. The van der Waals surface area contributed by atoms with Crippen LogP contribution in [-0.2, 0) is 15.8 Å². The van der Waals surface area contributed by atoms with Crippen molar-refractivity contribution in [1.82, 2.24) is 5.43 Å². The number of nitrogens with two attached hydrogens (primary N) is 1. The van der Waals surface area contributed by atoms with Gasteiger partial charge in [0.25, 0.3) is 10.0 Å². The summed E-state index contributed by atoms with van der Waals surface area (Å²) in [5.74, 6) is 6.04. The lowest BCUT2D eigenvalue weighted by atomic mass is 10.1. The summed E-state index contributed by atoms with van der Waals surface area (Å²) in [5, 5.41) is 4.48. The third-order valence-electron chi connectivity index (χ3n) is 4.87. The number of nitrogens with one attached hydrogen (secondary N) is 1. The molecule has 0 fully saturated rings. The van der Waals surface area contributed by atoms with E-state index in [-0.39, 0.29) is 10.9 Å². The molecule has 0 unspecified atom stereocenters. The molecular formula is C26H25ClN4O2S2. The molecule has 0 aliphatic heterocycles. The Labute approximate surface area is 215 Å². The molecule has 0 atom stereocenters. The maximum atomic E-state index is 13.1. The van der Waals surface area contributed by atoms with E-state index in [0.717, 1.165) is 16.7 Å². The highest BCUT2D eigenvalue weighted by Gasteiger charge is 2.21. The Morgan fingerprint density at radius 1 is 1.06 bits per heavy atom. The summed E-state index contributed by atoms with van der Waals surface area (Å²) in [6, 6.07) is 20.5. The quantitative estimate of drug-likeness (QED) is 0.150. The van der Waals surface area contributed by atoms with Crippen molar-refractivity contribution in [3.8, 4) is 11.8 Å². The molecule has 180 valence electrons. The molecule has 3 rings (SSSR count). The standard InChI is InChI=1S/C26H25ClN4O2S2/c1-18-9-7-8-12-22(18)17-34-24-16-23(27)19(2)15-25(24)35(32,33)31-26(28)30-29-20(3)13-14-21-10-5-4-6-11-21/h4-12,15-16H,17H2,1-3H3,(H3,28,30,31)/b29-20+. The van der Waals surface area contributed by atoms with E-state index < -0.39 is 10.0 Å². The van der Waals surface area contributed by atoms with E-state index >= 15 is 0 Å². The topological polar surface area (TPSA) is 96.9 Å². The predicted molar refractivity (Wildman–Crippen MR) is 145 cm³/mol. The SMILES string of the molecule is C/C(C#Cc1ccccc1)=N\N/C(N)=N/S(=O)(=O)c1cc(C)c(Cl)cc1SCc1ccccc1C. The van der Waals surface area contributed by atoms with Gasteiger partial charge in [0.1, 0.15) is 10.6 Å². The van der Waals surface area contributed by atoms with Crippen LogP contribution in [0.4, 0.5) is 0 Å². The summed E-state index contributed by atoms with van der Waals surface area (Å²) in [7, 11) is -4.13. The Balaban J connectivity index is 1.81. The second kappa shape index (κ2) is 11.9. The summed E-state index contributed by atoms with van der Waals surface area (Å²) in [5.41, 5.74) is 12.4. The Morgan fingerprint density at radius 2 is 1.74 bits per heavy atom. The van der Waals surface area contributed by atoms with Crippen LogP contribution in [-0.4, -0.2) is 20.1 Å². The van der Waals surface area contributed by atoms with Crippen LogP contribution in [0.15, 0.2) is 86.0 Å². The van der Waals surface area contributed by atoms with Gasteiger partial charge in [-0.3, -0.25) is 0 Å². The maximum absolute atomic E-state index is 13.1. The first kappa shape index (κ1) is 26.4. The molecule has 3 aromatic carbocycles. The van der Waals surface area contributed by atoms with Crippen molar-refractivity contribution in [3.05, 3.63) is 94.0 Å². The predicted octanol–water partition coefficient (Wildman–Crippen LogP) is 5.27. The van der Waals surface area contributed by atoms with Crippen molar-refractivity contribution in [2.45, 2.75) is 36.3 Å². The van der Waals surface area contributed by atoms with Gasteiger partial charge in [0.05, 0.1) is 0 Å². The van der Waals surface area contributed by atoms with Gasteiger partial charge in [-0.25, -0.2) is 5.43 Å². The van der Waals surface area contributed by atoms with Crippen molar-refractivity contribution in [3.63, 3.8) is 0 Å². The minimum Gasteiger partial charge on any atom is -0.368 e. The zero-order valence-electron chi connectivity index (χ0n) is 19.5. The zero-order chi connectivity index (χ0) is 25.4. The number of aryl methyl sites for hydroxylation is 2. The zero-order valence-corrected chi connectivity index (χ0v) is 21.9. The minimum absolute atomic E-state index is 0.0345. The second-order valence-electron chi connectivity index (χ2n) is 7.64. The van der Waals surface area contributed by atoms with Gasteiger partial charge in [-0.2, -0.15) is 13.5 Å². The fourth-order valence-corrected chi connectivity index (χ4v) is 5.73. The number of nitrogens with zero attached hydrogens (tertiary/aromatic N) is 2. The molecular weight excluding hydrogens is 500 g/mol. The molecule has 0 heterocycles. The number of benzene rings is 3. The molecule has 35 heavy (non-hydrogen) atoms. The number of hydrazone groups is 1. The highest BCUT2D eigenvalue weighted by Crippen LogP contribution is 2.35. The molecule has 0 amide bonds. The summed E-state index contributed by atoms with van der Waals surface area (Å²) in [4.78, 5) is 0.529. The Hall–Kier alpha value is -3.25. The molecule has 0 saturated heterocycles. The minimum atomic E-state index is -4.13. The Kier molecular flexibility index (Phi) is 8.99. The van der Waals surface area contributed by atoms with Gasteiger partial charge in [-0.05, 0) is 67.6 Å². The van der Waals surface area contributed by atoms with E-state index in [2.05, 4.69) is 26.8 Å². The lowest BCUT2D eigenvalue weighted by Gasteiger charge is -2.12. The monoisotopic (exact) mass is 524 g/mol. The number of rotatable bonds is 6. The van der Waals surface area contributed by atoms with Gasteiger partial charge in [0.2, 0.25) is 5.96 Å². The van der Waals surface area contributed by atoms with Crippen molar-refractivity contribution >= 4 is 45.1 Å². The molecule has 3 aromatic rings. The summed E-state index contributed by atoms with van der Waals surface area (Å²) < 4.78 is 30.0. The normalized spacial score (nSPS) is 12.1. The molecule has 9 heteroatoms. The van der Waals surface area contributed by atoms with Crippen LogP contribution in [0.1, 0.15) is 29.2 Å². The summed E-state index contributed by atoms with van der Waals surface area (Å²) >= 11 is 7.68. The second-order valence-corrected chi connectivity index (χ2v) is 10.6. The number of hydrogen-bond acceptors (Lipinski definition) is 4. The highest BCUT2D eigenvalue weighted by atomic mass is 35.5. The van der Waals surface area contributed by atoms with Crippen LogP contribution in [0.3, 0.4) is 0 Å². The lowest BCUT2D eigenvalue weighted by Crippen LogP contribution is -2.29. The smallest absolute Gasteiger partial charge is 0.286 e. The molecule has 0 aliphatic rings. The van der Waals surface area contributed by atoms with Crippen LogP contribution < -0.4 is 11.2 Å². The maximum Gasteiger partial charge on any atom is 0.286 e. The number of hydrogen-bond donors (Lipinski definition) is 2. The highest BCUT2D eigenvalue weighted by molar-refractivity contribution is 7.99. The average molecular weight is 525 g/mol. The van der Waals surface area contributed by atoms with E-state index in [1.165, 1.54) is 17.8 Å². The van der Waals surface area contributed by atoms with Crippen molar-refractivity contribution < 1.29 is 8.42 Å². The Morgan fingerprint density at radius 3 is 2.46 bits per heavy atom. The largest absolute Gasteiger partial charge is 0.368 e. The number of thioether (sulfide) groups is 1. The van der Waals surface area contributed by atoms with E-state index in [4.69, 9.17) is 17.3 Å². The van der Waals surface area contributed by atoms with Crippen molar-refractivity contribution in [2.24, 2.45) is 15.2 Å². The summed E-state index contributed by atoms with van der Waals surface area (Å²) in [6.45, 7) is 5.42. The Bertz CT molecular complexity index is 1440. The molecule has 0 aliphatic carbocycles. The average Bonchev–Trinajstić information content (AvgIpc) is 2.83. The molecule has 0 aromatic heterocycles. The van der Waals surface area contributed by atoms with Gasteiger partial charge in [-0.15, -0.1) is 16.2 Å². The van der Waals surface area contributed by atoms with E-state index in [1.807, 2.05) is 61.5 Å². The molecule has 0 spiro atoms. The van der Waals surface area contributed by atoms with E-state index in [9.17, 15) is 8.42 Å². The first-order valence-electron chi connectivity index (χ1n) is 10.6. The van der Waals surface area contributed by atoms with Crippen LogP contribution in [0.25, 0.3) is 0 Å². The fourth-order valence-electron chi connectivity index (χ4n) is 2.93. The molecule has 0 bridgehead atoms. The van der Waals surface area contributed by atoms with Crippen LogP contribution in [0.5, 0.6) is 0 Å². The fraction of sp³-hybridized carbons (Fsp3) is 0.154. The first-order chi connectivity index (χ1) is 16.7. The lowest BCUT2D eigenvalue weighted by molar-refractivity contribution is 0.595. The first-order valence-corrected chi connectivity index (χ1v) is 13.4. The number of halogens is 1. The third kappa shape index (κ3) is 7.62. The van der Waals surface area contributed by atoms with Gasteiger partial charge < -0.3 is 5.73 Å². The van der Waals surface area contributed by atoms with Crippen LogP contribution >= 0.6 is 23.4 Å². The van der Waals surface area contributed by atoms with Gasteiger partial charge in [0, 0.05) is 21.2 Å². The van der Waals surface area contributed by atoms with E-state index in [0.29, 0.717) is 26.9 Å².